The van der Waals surface area contributed by atoms with Gasteiger partial charge >= 0.3 is 0 Å². The van der Waals surface area contributed by atoms with Crippen molar-refractivity contribution in [3.63, 3.8) is 0 Å². The lowest BCUT2D eigenvalue weighted by molar-refractivity contribution is -0.119. The van der Waals surface area contributed by atoms with Crippen LogP contribution in [0.5, 0.6) is 0 Å². The quantitative estimate of drug-likeness (QED) is 0.588. The highest BCUT2D eigenvalue weighted by Crippen LogP contribution is 2.30. The van der Waals surface area contributed by atoms with Crippen molar-refractivity contribution in [1.29, 1.82) is 0 Å². The molecule has 1 aliphatic heterocycles. The number of Topliss-reactive ketones (excluding diaryl/α,β-unsaturated/α-hetero) is 1. The Hall–Kier alpha value is -0.230. The number of hydrogen-bond donors (Lipinski definition) is 0. The predicted octanol–water partition coefficient (Wildman–Crippen LogP) is 1.69. The van der Waals surface area contributed by atoms with Crippen LogP contribution in [-0.4, -0.2) is 24.2 Å². The number of carbonyl (C=O) groups excluding carboxylic acids is 1. The summed E-state index contributed by atoms with van der Waals surface area (Å²) in [7, 11) is 2.79. The summed E-state index contributed by atoms with van der Waals surface area (Å²) in [6, 6.07) is 0. The third-order valence-electron chi connectivity index (χ3n) is 3.16. The van der Waals surface area contributed by atoms with Gasteiger partial charge in [0.2, 0.25) is 0 Å². The minimum Gasteiger partial charge on any atom is -0.297 e. The zero-order chi connectivity index (χ0) is 9.26. The molecule has 1 aliphatic carbocycles. The second-order valence-corrected chi connectivity index (χ2v) is 4.45. The molecule has 1 fully saturated rings. The largest absolute Gasteiger partial charge is 0.297 e. The molecular formula is C10H16NOP. The monoisotopic (exact) mass is 197 g/mol. The van der Waals surface area contributed by atoms with E-state index in [2.05, 4.69) is 14.2 Å². The van der Waals surface area contributed by atoms with E-state index in [0.29, 0.717) is 18.2 Å². The number of rotatable bonds is 1. The highest BCUT2D eigenvalue weighted by Gasteiger charge is 2.34. The minimum atomic E-state index is 0.202. The Morgan fingerprint density at radius 2 is 2.15 bits per heavy atom. The van der Waals surface area contributed by atoms with Gasteiger partial charge in [-0.15, -0.1) is 9.24 Å². The molecule has 0 radical (unpaired) electrons. The summed E-state index contributed by atoms with van der Waals surface area (Å²) >= 11 is 0. The van der Waals surface area contributed by atoms with Gasteiger partial charge in [-0.05, 0) is 19.0 Å². The molecular weight excluding hydrogens is 181 g/mol. The van der Waals surface area contributed by atoms with Crippen molar-refractivity contribution < 1.29 is 4.79 Å². The van der Waals surface area contributed by atoms with Crippen molar-refractivity contribution >= 4 is 20.7 Å². The van der Waals surface area contributed by atoms with Crippen molar-refractivity contribution in [2.45, 2.75) is 25.7 Å². The van der Waals surface area contributed by atoms with E-state index in [4.69, 9.17) is 0 Å². The van der Waals surface area contributed by atoms with Gasteiger partial charge in [0.05, 0.1) is 12.5 Å². The number of hydrogen-bond acceptors (Lipinski definition) is 2. The number of ketones is 1. The van der Waals surface area contributed by atoms with E-state index in [0.717, 1.165) is 12.6 Å². The topological polar surface area (TPSA) is 29.4 Å². The molecule has 3 heteroatoms. The third-order valence-corrected chi connectivity index (χ3v) is 3.73. The van der Waals surface area contributed by atoms with Crippen LogP contribution in [0.2, 0.25) is 0 Å². The van der Waals surface area contributed by atoms with Crippen molar-refractivity contribution in [3.8, 4) is 0 Å². The Balaban J connectivity index is 2.20. The van der Waals surface area contributed by atoms with Crippen molar-refractivity contribution in [2.75, 3.05) is 12.7 Å². The van der Waals surface area contributed by atoms with Gasteiger partial charge in [-0.3, -0.25) is 9.79 Å². The molecule has 0 aromatic carbocycles. The number of fused-ring (bicyclic) bond motifs is 1. The summed E-state index contributed by atoms with van der Waals surface area (Å²) in [5.41, 5.74) is 1.22. The highest BCUT2D eigenvalue weighted by molar-refractivity contribution is 7.16. The van der Waals surface area contributed by atoms with Gasteiger partial charge in [-0.1, -0.05) is 12.8 Å². The first kappa shape index (κ1) is 9.33. The summed E-state index contributed by atoms with van der Waals surface area (Å²) < 4.78 is 0. The Bertz CT molecular complexity index is 249. The van der Waals surface area contributed by atoms with Crippen LogP contribution in [0.25, 0.3) is 0 Å². The fourth-order valence-corrected chi connectivity index (χ4v) is 2.88. The molecule has 3 atom stereocenters. The minimum absolute atomic E-state index is 0.202. The number of nitrogens with zero attached hydrogens (tertiary/aromatic N) is 1. The third kappa shape index (κ3) is 1.69. The second-order valence-electron chi connectivity index (χ2n) is 3.98. The zero-order valence-electron chi connectivity index (χ0n) is 7.83. The molecule has 0 N–H and O–H groups in total. The Morgan fingerprint density at radius 1 is 1.38 bits per heavy atom. The standard InChI is InChI=1S/C10H16NOP/c12-9-5-11-10-7(6-13)3-1-2-4-8(9)10/h7-8H,1-6,13H2. The van der Waals surface area contributed by atoms with Crippen LogP contribution in [0.3, 0.4) is 0 Å². The first-order chi connectivity index (χ1) is 6.33. The van der Waals surface area contributed by atoms with Crippen LogP contribution < -0.4 is 0 Å². The molecule has 1 saturated carbocycles. The second kappa shape index (κ2) is 3.88. The molecule has 2 aliphatic rings. The van der Waals surface area contributed by atoms with Crippen molar-refractivity contribution in [3.05, 3.63) is 0 Å². The fraction of sp³-hybridized carbons (Fsp3) is 0.800. The molecule has 13 heavy (non-hydrogen) atoms. The molecule has 1 heterocycles. The first-order valence-corrected chi connectivity index (χ1v) is 5.91. The summed E-state index contributed by atoms with van der Waals surface area (Å²) in [4.78, 5) is 15.9. The van der Waals surface area contributed by atoms with Gasteiger partial charge in [-0.25, -0.2) is 0 Å². The average molecular weight is 197 g/mol. The molecule has 0 amide bonds. The van der Waals surface area contributed by atoms with Gasteiger partial charge in [0, 0.05) is 11.6 Å². The number of aliphatic imine (C=N–C) groups is 1. The van der Waals surface area contributed by atoms with Crippen LogP contribution in [0.1, 0.15) is 25.7 Å². The van der Waals surface area contributed by atoms with Gasteiger partial charge < -0.3 is 0 Å². The Labute approximate surface area is 81.4 Å². The summed E-state index contributed by atoms with van der Waals surface area (Å²) in [5, 5.41) is 0. The Kier molecular flexibility index (Phi) is 2.78. The summed E-state index contributed by atoms with van der Waals surface area (Å²) in [6.07, 6.45) is 5.83. The van der Waals surface area contributed by atoms with E-state index in [1.54, 1.807) is 0 Å². The van der Waals surface area contributed by atoms with Gasteiger partial charge in [0.1, 0.15) is 0 Å². The Morgan fingerprint density at radius 3 is 2.92 bits per heavy atom. The molecule has 72 valence electrons. The van der Waals surface area contributed by atoms with Crippen molar-refractivity contribution in [1.82, 2.24) is 0 Å². The smallest absolute Gasteiger partial charge is 0.162 e. The summed E-state index contributed by atoms with van der Waals surface area (Å²) in [6.45, 7) is 0.459. The van der Waals surface area contributed by atoms with Gasteiger partial charge in [0.25, 0.3) is 0 Å². The molecule has 2 rings (SSSR count). The van der Waals surface area contributed by atoms with Crippen LogP contribution >= 0.6 is 9.24 Å². The molecule has 0 saturated heterocycles. The lowest BCUT2D eigenvalue weighted by Gasteiger charge is -2.15. The maximum Gasteiger partial charge on any atom is 0.162 e. The predicted molar refractivity (Wildman–Crippen MR) is 57.3 cm³/mol. The van der Waals surface area contributed by atoms with E-state index in [1.165, 1.54) is 25.0 Å². The lowest BCUT2D eigenvalue weighted by Crippen LogP contribution is -2.24. The molecule has 0 aromatic rings. The van der Waals surface area contributed by atoms with Crippen LogP contribution in [0, 0.1) is 11.8 Å². The van der Waals surface area contributed by atoms with E-state index in [9.17, 15) is 4.79 Å². The van der Waals surface area contributed by atoms with E-state index in [-0.39, 0.29) is 5.92 Å². The number of carbonyl (C=O) groups is 1. The normalized spacial score (nSPS) is 33.9. The van der Waals surface area contributed by atoms with E-state index < -0.39 is 0 Å². The maximum atomic E-state index is 11.5. The molecule has 2 nitrogen and oxygen atoms in total. The molecule has 0 bridgehead atoms. The van der Waals surface area contributed by atoms with Crippen LogP contribution in [-0.2, 0) is 4.79 Å². The maximum absolute atomic E-state index is 11.5. The molecule has 3 unspecified atom stereocenters. The highest BCUT2D eigenvalue weighted by atomic mass is 31.0. The fourth-order valence-electron chi connectivity index (χ4n) is 2.40. The molecule has 0 spiro atoms. The lowest BCUT2D eigenvalue weighted by atomic mass is 9.91. The van der Waals surface area contributed by atoms with Crippen LogP contribution in [0.15, 0.2) is 4.99 Å². The molecule has 0 aromatic heterocycles. The van der Waals surface area contributed by atoms with E-state index >= 15 is 0 Å². The average Bonchev–Trinajstić information content (AvgIpc) is 2.39. The van der Waals surface area contributed by atoms with Gasteiger partial charge in [-0.2, -0.15) is 0 Å². The van der Waals surface area contributed by atoms with Crippen LogP contribution in [0.4, 0.5) is 0 Å². The van der Waals surface area contributed by atoms with Gasteiger partial charge in [0.15, 0.2) is 5.78 Å². The van der Waals surface area contributed by atoms with E-state index in [1.807, 2.05) is 0 Å². The summed E-state index contributed by atoms with van der Waals surface area (Å²) in [5.74, 6) is 1.14. The van der Waals surface area contributed by atoms with Crippen molar-refractivity contribution in [2.24, 2.45) is 16.8 Å². The zero-order valence-corrected chi connectivity index (χ0v) is 8.98. The SMILES string of the molecule is O=C1CN=C2C(CP)CCCCC12. The first-order valence-electron chi connectivity index (χ1n) is 5.10.